The second kappa shape index (κ2) is 9.66. The first-order chi connectivity index (χ1) is 7.26. The van der Waals surface area contributed by atoms with E-state index in [0.717, 1.165) is 5.88 Å². The molecule has 86 valence electrons. The van der Waals surface area contributed by atoms with E-state index in [1.165, 1.54) is 26.4 Å². The lowest BCUT2D eigenvalue weighted by molar-refractivity contribution is 0.373. The molecule has 0 amide bonds. The van der Waals surface area contributed by atoms with Crippen LogP contribution < -0.4 is 4.74 Å². The minimum absolute atomic E-state index is 0.181. The predicted octanol–water partition coefficient (Wildman–Crippen LogP) is 3.82. The number of unbranched alkanes of at least 4 members (excludes halogenated alkanes) is 2. The number of hydrogen-bond acceptors (Lipinski definition) is 2. The van der Waals surface area contributed by atoms with Gasteiger partial charge in [0.15, 0.2) is 11.5 Å². The molecule has 1 aromatic carbocycles. The molecule has 0 bridgehead atoms. The average molecular weight is 231 g/mol. The summed E-state index contributed by atoms with van der Waals surface area (Å²) in [4.78, 5) is 0. The topological polar surface area (TPSA) is 29.5 Å². The summed E-state index contributed by atoms with van der Waals surface area (Å²) in [5.41, 5.74) is 0. The van der Waals surface area contributed by atoms with Gasteiger partial charge in [0.1, 0.15) is 0 Å². The molecule has 0 saturated carbocycles. The van der Waals surface area contributed by atoms with Crippen molar-refractivity contribution in [2.24, 2.45) is 0 Å². The minimum atomic E-state index is 0.181. The van der Waals surface area contributed by atoms with Crippen LogP contribution >= 0.6 is 11.6 Å². The summed E-state index contributed by atoms with van der Waals surface area (Å²) in [7, 11) is 1.52. The number of halogens is 1. The zero-order valence-corrected chi connectivity index (χ0v) is 10.1. The van der Waals surface area contributed by atoms with E-state index in [1.807, 2.05) is 0 Å². The maximum atomic E-state index is 8.99. The summed E-state index contributed by atoms with van der Waals surface area (Å²) in [6, 6.07) is 6.84. The number of aromatic hydroxyl groups is 1. The van der Waals surface area contributed by atoms with Crippen LogP contribution in [-0.2, 0) is 0 Å². The molecule has 0 spiro atoms. The van der Waals surface area contributed by atoms with Gasteiger partial charge in [-0.05, 0) is 18.6 Å². The molecule has 3 heteroatoms. The minimum Gasteiger partial charge on any atom is -0.504 e. The molecule has 0 atom stereocenters. The number of benzene rings is 1. The van der Waals surface area contributed by atoms with Crippen molar-refractivity contribution in [3.05, 3.63) is 24.3 Å². The Balaban J connectivity index is 0.000000288. The van der Waals surface area contributed by atoms with Crippen LogP contribution in [-0.4, -0.2) is 18.1 Å². The molecule has 0 aliphatic heterocycles. The lowest BCUT2D eigenvalue weighted by Gasteiger charge is -1.99. The van der Waals surface area contributed by atoms with Crippen molar-refractivity contribution in [1.82, 2.24) is 0 Å². The molecular weight excluding hydrogens is 212 g/mol. The molecule has 0 aromatic heterocycles. The summed E-state index contributed by atoms with van der Waals surface area (Å²) in [6.07, 6.45) is 3.73. The van der Waals surface area contributed by atoms with Crippen LogP contribution in [0.4, 0.5) is 0 Å². The molecule has 15 heavy (non-hydrogen) atoms. The van der Waals surface area contributed by atoms with Gasteiger partial charge < -0.3 is 9.84 Å². The zero-order valence-electron chi connectivity index (χ0n) is 9.37. The molecule has 1 aromatic rings. The van der Waals surface area contributed by atoms with Gasteiger partial charge in [-0.1, -0.05) is 31.9 Å². The molecule has 0 radical (unpaired) electrons. The first-order valence-electron chi connectivity index (χ1n) is 5.14. The number of phenolic OH excluding ortho intramolecular Hbond substituents is 1. The third-order valence-electron chi connectivity index (χ3n) is 1.82. The number of phenols is 1. The lowest BCUT2D eigenvalue weighted by atomic mass is 10.3. The van der Waals surface area contributed by atoms with Crippen molar-refractivity contribution in [2.75, 3.05) is 13.0 Å². The third kappa shape index (κ3) is 7.09. The van der Waals surface area contributed by atoms with Crippen molar-refractivity contribution in [2.45, 2.75) is 26.2 Å². The number of rotatable bonds is 4. The Morgan fingerprint density at radius 1 is 1.27 bits per heavy atom. The molecular formula is C12H19ClO2. The van der Waals surface area contributed by atoms with Crippen molar-refractivity contribution >= 4 is 11.6 Å². The van der Waals surface area contributed by atoms with E-state index < -0.39 is 0 Å². The second-order valence-corrected chi connectivity index (χ2v) is 3.45. The normalized spacial score (nSPS) is 9.00. The summed E-state index contributed by atoms with van der Waals surface area (Å²) in [6.45, 7) is 2.17. The second-order valence-electron chi connectivity index (χ2n) is 3.07. The summed E-state index contributed by atoms with van der Waals surface area (Å²) < 4.78 is 4.79. The van der Waals surface area contributed by atoms with Gasteiger partial charge in [0, 0.05) is 5.88 Å². The maximum absolute atomic E-state index is 8.99. The molecule has 0 heterocycles. The monoisotopic (exact) mass is 230 g/mol. The van der Waals surface area contributed by atoms with Gasteiger partial charge in [0.05, 0.1) is 7.11 Å². The Hall–Kier alpha value is -0.890. The van der Waals surface area contributed by atoms with Crippen LogP contribution in [0, 0.1) is 0 Å². The number of alkyl halides is 1. The Labute approximate surface area is 96.8 Å². The number of para-hydroxylation sites is 2. The van der Waals surface area contributed by atoms with E-state index in [4.69, 9.17) is 21.4 Å². The Morgan fingerprint density at radius 2 is 1.93 bits per heavy atom. The van der Waals surface area contributed by atoms with Crippen LogP contribution in [0.5, 0.6) is 11.5 Å². The van der Waals surface area contributed by atoms with Gasteiger partial charge in [-0.3, -0.25) is 0 Å². The Bertz CT molecular complexity index is 247. The molecule has 0 saturated heterocycles. The van der Waals surface area contributed by atoms with Gasteiger partial charge >= 0.3 is 0 Å². The van der Waals surface area contributed by atoms with Crippen molar-refractivity contribution < 1.29 is 9.84 Å². The number of methoxy groups -OCH3 is 1. The number of hydrogen-bond donors (Lipinski definition) is 1. The molecule has 1 N–H and O–H groups in total. The molecule has 2 nitrogen and oxygen atoms in total. The average Bonchev–Trinajstić information content (AvgIpc) is 2.28. The van der Waals surface area contributed by atoms with Crippen LogP contribution in [0.15, 0.2) is 24.3 Å². The third-order valence-corrected chi connectivity index (χ3v) is 2.09. The van der Waals surface area contributed by atoms with Crippen molar-refractivity contribution in [1.29, 1.82) is 0 Å². The highest BCUT2D eigenvalue weighted by Crippen LogP contribution is 2.22. The predicted molar refractivity (Wildman–Crippen MR) is 64.9 cm³/mol. The molecule has 0 unspecified atom stereocenters. The highest BCUT2D eigenvalue weighted by molar-refractivity contribution is 6.17. The number of ether oxygens (including phenoxy) is 1. The highest BCUT2D eigenvalue weighted by atomic mass is 35.5. The van der Waals surface area contributed by atoms with E-state index in [9.17, 15) is 0 Å². The fourth-order valence-corrected chi connectivity index (χ4v) is 1.16. The maximum Gasteiger partial charge on any atom is 0.160 e. The Morgan fingerprint density at radius 3 is 2.27 bits per heavy atom. The van der Waals surface area contributed by atoms with E-state index >= 15 is 0 Å². The van der Waals surface area contributed by atoms with Gasteiger partial charge in [-0.2, -0.15) is 0 Å². The van der Waals surface area contributed by atoms with Crippen molar-refractivity contribution in [3.8, 4) is 11.5 Å². The SMILES string of the molecule is CCCCCCl.COc1ccccc1O. The summed E-state index contributed by atoms with van der Waals surface area (Å²) >= 11 is 5.38. The first-order valence-corrected chi connectivity index (χ1v) is 5.67. The van der Waals surface area contributed by atoms with Crippen LogP contribution in [0.3, 0.4) is 0 Å². The molecule has 0 aliphatic carbocycles. The van der Waals surface area contributed by atoms with Gasteiger partial charge in [-0.25, -0.2) is 0 Å². The summed E-state index contributed by atoms with van der Waals surface area (Å²) in [5, 5.41) is 8.99. The molecule has 0 fully saturated rings. The standard InChI is InChI=1S/C7H8O2.C5H11Cl/c1-9-7-5-3-2-4-6(7)8;1-2-3-4-5-6/h2-5,8H,1H3;2-5H2,1H3. The Kier molecular flexibility index (Phi) is 9.08. The van der Waals surface area contributed by atoms with E-state index in [-0.39, 0.29) is 5.75 Å². The smallest absolute Gasteiger partial charge is 0.160 e. The fraction of sp³-hybridized carbons (Fsp3) is 0.500. The van der Waals surface area contributed by atoms with Crippen molar-refractivity contribution in [3.63, 3.8) is 0 Å². The quantitative estimate of drug-likeness (QED) is 0.630. The lowest BCUT2D eigenvalue weighted by Crippen LogP contribution is -1.80. The van der Waals surface area contributed by atoms with Gasteiger partial charge in [-0.15, -0.1) is 11.6 Å². The molecule has 1 rings (SSSR count). The van der Waals surface area contributed by atoms with Crippen LogP contribution in [0.25, 0.3) is 0 Å². The zero-order chi connectivity index (χ0) is 11.5. The molecule has 0 aliphatic rings. The van der Waals surface area contributed by atoms with Crippen LogP contribution in [0.2, 0.25) is 0 Å². The summed E-state index contributed by atoms with van der Waals surface area (Å²) in [5.74, 6) is 1.52. The fourth-order valence-electron chi connectivity index (χ4n) is 0.974. The van der Waals surface area contributed by atoms with Crippen LogP contribution in [0.1, 0.15) is 26.2 Å². The first kappa shape index (κ1) is 14.1. The van der Waals surface area contributed by atoms with E-state index in [2.05, 4.69) is 6.92 Å². The van der Waals surface area contributed by atoms with E-state index in [1.54, 1.807) is 24.3 Å². The highest BCUT2D eigenvalue weighted by Gasteiger charge is 1.94. The van der Waals surface area contributed by atoms with Gasteiger partial charge in [0.25, 0.3) is 0 Å². The van der Waals surface area contributed by atoms with E-state index in [0.29, 0.717) is 5.75 Å². The van der Waals surface area contributed by atoms with Gasteiger partial charge in [0.2, 0.25) is 0 Å². The largest absolute Gasteiger partial charge is 0.504 e.